The molecule has 0 bridgehead atoms. The van der Waals surface area contributed by atoms with Crippen LogP contribution in [0.4, 0.5) is 4.39 Å². The van der Waals surface area contributed by atoms with Crippen LogP contribution in [0.25, 0.3) is 27.0 Å². The first-order chi connectivity index (χ1) is 11.6. The van der Waals surface area contributed by atoms with E-state index < -0.39 is 5.91 Å². The summed E-state index contributed by atoms with van der Waals surface area (Å²) in [6, 6.07) is 6.29. The molecule has 4 aromatic rings. The van der Waals surface area contributed by atoms with Gasteiger partial charge in [-0.1, -0.05) is 23.9 Å². The molecule has 0 saturated carbocycles. The molecule has 4 rings (SSSR count). The van der Waals surface area contributed by atoms with E-state index in [2.05, 4.69) is 15.2 Å². The molecule has 0 saturated heterocycles. The number of benzene rings is 1. The van der Waals surface area contributed by atoms with Gasteiger partial charge in [-0.25, -0.2) is 9.37 Å². The van der Waals surface area contributed by atoms with Crippen molar-refractivity contribution >= 4 is 44.9 Å². The highest BCUT2D eigenvalue weighted by Gasteiger charge is 2.16. The van der Waals surface area contributed by atoms with Gasteiger partial charge in [-0.15, -0.1) is 21.5 Å². The van der Waals surface area contributed by atoms with Crippen LogP contribution in [0.2, 0.25) is 0 Å². The van der Waals surface area contributed by atoms with Crippen molar-refractivity contribution in [3.05, 3.63) is 41.8 Å². The highest BCUT2D eigenvalue weighted by Crippen LogP contribution is 2.35. The number of amides is 1. The maximum atomic E-state index is 13.2. The number of hydrogen-bond acceptors (Lipinski definition) is 6. The summed E-state index contributed by atoms with van der Waals surface area (Å²) >= 11 is 2.70. The van der Waals surface area contributed by atoms with Gasteiger partial charge in [0, 0.05) is 10.9 Å². The first-order valence-corrected chi connectivity index (χ1v) is 8.78. The SMILES string of the molecule is NC(=O)CSc1nnc2c3c(-c4ccc(F)cc4)csc3ncn12. The molecule has 0 radical (unpaired) electrons. The summed E-state index contributed by atoms with van der Waals surface area (Å²) in [6.07, 6.45) is 1.63. The second-order valence-corrected chi connectivity index (χ2v) is 6.81. The van der Waals surface area contributed by atoms with Crippen LogP contribution < -0.4 is 5.73 Å². The highest BCUT2D eigenvalue weighted by atomic mass is 32.2. The lowest BCUT2D eigenvalue weighted by Crippen LogP contribution is -2.13. The van der Waals surface area contributed by atoms with Crippen molar-refractivity contribution in [2.45, 2.75) is 5.16 Å². The summed E-state index contributed by atoms with van der Waals surface area (Å²) in [6.45, 7) is 0. The fraction of sp³-hybridized carbons (Fsp3) is 0.0667. The van der Waals surface area contributed by atoms with Crippen molar-refractivity contribution in [2.24, 2.45) is 5.73 Å². The van der Waals surface area contributed by atoms with Gasteiger partial charge in [0.25, 0.3) is 0 Å². The molecule has 6 nitrogen and oxygen atoms in total. The van der Waals surface area contributed by atoms with Crippen LogP contribution >= 0.6 is 23.1 Å². The smallest absolute Gasteiger partial charge is 0.227 e. The van der Waals surface area contributed by atoms with E-state index in [1.807, 2.05) is 5.38 Å². The Balaban J connectivity index is 1.89. The molecule has 3 heterocycles. The molecule has 0 atom stereocenters. The zero-order valence-corrected chi connectivity index (χ0v) is 13.8. The number of fused-ring (bicyclic) bond motifs is 3. The molecule has 3 aromatic heterocycles. The van der Waals surface area contributed by atoms with Crippen molar-refractivity contribution < 1.29 is 9.18 Å². The Labute approximate surface area is 143 Å². The Bertz CT molecular complexity index is 1060. The number of nitrogens with zero attached hydrogens (tertiary/aromatic N) is 4. The standard InChI is InChI=1S/C15H10FN5OS2/c16-9-3-1-8(2-4-9)10-5-23-14-12(10)13-19-20-15(21(13)7-18-14)24-6-11(17)22/h1-5,7H,6H2,(H2,17,22). The van der Waals surface area contributed by atoms with Crippen LogP contribution in [0.1, 0.15) is 0 Å². The lowest BCUT2D eigenvalue weighted by molar-refractivity contribution is -0.115. The van der Waals surface area contributed by atoms with E-state index >= 15 is 0 Å². The molecule has 0 unspecified atom stereocenters. The predicted octanol–water partition coefficient (Wildman–Crippen LogP) is 2.72. The van der Waals surface area contributed by atoms with E-state index in [4.69, 9.17) is 5.73 Å². The number of carbonyl (C=O) groups is 1. The number of primary amides is 1. The largest absolute Gasteiger partial charge is 0.369 e. The molecule has 120 valence electrons. The Morgan fingerprint density at radius 3 is 2.83 bits per heavy atom. The Hall–Kier alpha value is -2.52. The average Bonchev–Trinajstić information content (AvgIpc) is 3.17. The third-order valence-electron chi connectivity index (χ3n) is 3.45. The van der Waals surface area contributed by atoms with Crippen LogP contribution in [0, 0.1) is 5.82 Å². The number of halogens is 1. The second-order valence-electron chi connectivity index (χ2n) is 5.01. The molecule has 2 N–H and O–H groups in total. The van der Waals surface area contributed by atoms with Gasteiger partial charge in [-0.2, -0.15) is 0 Å². The van der Waals surface area contributed by atoms with E-state index in [0.717, 1.165) is 21.3 Å². The summed E-state index contributed by atoms with van der Waals surface area (Å²) in [5.74, 6) is -0.588. The van der Waals surface area contributed by atoms with Gasteiger partial charge < -0.3 is 5.73 Å². The number of rotatable bonds is 4. The molecule has 1 aromatic carbocycles. The van der Waals surface area contributed by atoms with Gasteiger partial charge in [-0.3, -0.25) is 9.20 Å². The summed E-state index contributed by atoms with van der Waals surface area (Å²) < 4.78 is 14.9. The minimum Gasteiger partial charge on any atom is -0.369 e. The fourth-order valence-electron chi connectivity index (χ4n) is 2.40. The normalized spacial score (nSPS) is 11.4. The average molecular weight is 359 g/mol. The van der Waals surface area contributed by atoms with Crippen LogP contribution in [0.3, 0.4) is 0 Å². The Kier molecular flexibility index (Phi) is 3.66. The monoisotopic (exact) mass is 359 g/mol. The minimum absolute atomic E-state index is 0.118. The van der Waals surface area contributed by atoms with Gasteiger partial charge in [0.15, 0.2) is 10.8 Å². The van der Waals surface area contributed by atoms with E-state index in [0.29, 0.717) is 10.8 Å². The van der Waals surface area contributed by atoms with Gasteiger partial charge in [0.05, 0.1) is 11.1 Å². The van der Waals surface area contributed by atoms with Gasteiger partial charge >= 0.3 is 0 Å². The van der Waals surface area contributed by atoms with Crippen LogP contribution in [-0.4, -0.2) is 31.2 Å². The molecule has 0 aliphatic carbocycles. The molecule has 24 heavy (non-hydrogen) atoms. The van der Waals surface area contributed by atoms with Crippen molar-refractivity contribution in [3.63, 3.8) is 0 Å². The molecule has 0 aliphatic heterocycles. The fourth-order valence-corrected chi connectivity index (χ4v) is 3.95. The van der Waals surface area contributed by atoms with E-state index in [1.54, 1.807) is 22.9 Å². The van der Waals surface area contributed by atoms with Crippen molar-refractivity contribution in [1.82, 2.24) is 19.6 Å². The molecular weight excluding hydrogens is 349 g/mol. The quantitative estimate of drug-likeness (QED) is 0.566. The van der Waals surface area contributed by atoms with E-state index in [1.165, 1.54) is 35.2 Å². The zero-order valence-electron chi connectivity index (χ0n) is 12.1. The number of thioether (sulfide) groups is 1. The van der Waals surface area contributed by atoms with Gasteiger partial charge in [-0.05, 0) is 17.7 Å². The topological polar surface area (TPSA) is 86.2 Å². The molecule has 1 amide bonds. The third-order valence-corrected chi connectivity index (χ3v) is 5.30. The molecule has 9 heteroatoms. The summed E-state index contributed by atoms with van der Waals surface area (Å²) in [5, 5.41) is 11.7. The Morgan fingerprint density at radius 2 is 2.08 bits per heavy atom. The first kappa shape index (κ1) is 15.0. The zero-order chi connectivity index (χ0) is 16.7. The lowest BCUT2D eigenvalue weighted by atomic mass is 10.1. The van der Waals surface area contributed by atoms with E-state index in [-0.39, 0.29) is 11.6 Å². The summed E-state index contributed by atoms with van der Waals surface area (Å²) in [5.41, 5.74) is 7.63. The highest BCUT2D eigenvalue weighted by molar-refractivity contribution is 7.99. The van der Waals surface area contributed by atoms with Crippen LogP contribution in [-0.2, 0) is 4.79 Å². The first-order valence-electron chi connectivity index (χ1n) is 6.91. The Morgan fingerprint density at radius 1 is 1.29 bits per heavy atom. The van der Waals surface area contributed by atoms with Gasteiger partial charge in [0.2, 0.25) is 5.91 Å². The van der Waals surface area contributed by atoms with Crippen LogP contribution in [0.5, 0.6) is 0 Å². The van der Waals surface area contributed by atoms with Crippen LogP contribution in [0.15, 0.2) is 41.1 Å². The molecule has 0 spiro atoms. The number of hydrogen-bond donors (Lipinski definition) is 1. The van der Waals surface area contributed by atoms with E-state index in [9.17, 15) is 9.18 Å². The van der Waals surface area contributed by atoms with Crippen molar-refractivity contribution in [1.29, 1.82) is 0 Å². The third kappa shape index (κ3) is 2.51. The summed E-state index contributed by atoms with van der Waals surface area (Å²) in [7, 11) is 0. The summed E-state index contributed by atoms with van der Waals surface area (Å²) in [4.78, 5) is 16.2. The van der Waals surface area contributed by atoms with Gasteiger partial charge in [0.1, 0.15) is 17.0 Å². The minimum atomic E-state index is -0.423. The molecular formula is C15H10FN5OS2. The maximum Gasteiger partial charge on any atom is 0.227 e. The van der Waals surface area contributed by atoms with Crippen molar-refractivity contribution in [3.8, 4) is 11.1 Å². The number of aromatic nitrogens is 4. The predicted molar refractivity (Wildman–Crippen MR) is 91.5 cm³/mol. The number of carbonyl (C=O) groups excluding carboxylic acids is 1. The van der Waals surface area contributed by atoms with Crippen molar-refractivity contribution in [2.75, 3.05) is 5.75 Å². The number of nitrogens with two attached hydrogens (primary N) is 1. The number of thiophene rings is 1. The molecule has 0 aliphatic rings. The maximum absolute atomic E-state index is 13.2. The second kappa shape index (κ2) is 5.84. The molecule has 0 fully saturated rings. The lowest BCUT2D eigenvalue weighted by Gasteiger charge is -2.02.